The fraction of sp³-hybridized carbons (Fsp3) is 0.211. The van der Waals surface area contributed by atoms with Crippen LogP contribution in [0.4, 0.5) is 5.82 Å². The maximum atomic E-state index is 12.3. The minimum Gasteiger partial charge on any atom is -0.329 e. The molecule has 8 nitrogen and oxygen atoms in total. The van der Waals surface area contributed by atoms with Crippen molar-refractivity contribution >= 4 is 22.9 Å². The van der Waals surface area contributed by atoms with Gasteiger partial charge in [0.1, 0.15) is 17.5 Å². The predicted molar refractivity (Wildman–Crippen MR) is 100 cm³/mol. The van der Waals surface area contributed by atoms with Gasteiger partial charge in [-0.3, -0.25) is 9.89 Å². The van der Waals surface area contributed by atoms with Crippen molar-refractivity contribution in [1.82, 2.24) is 30.1 Å². The zero-order valence-corrected chi connectivity index (χ0v) is 14.4. The highest BCUT2D eigenvalue weighted by Gasteiger charge is 2.25. The summed E-state index contributed by atoms with van der Waals surface area (Å²) in [5, 5.41) is 9.99. The van der Waals surface area contributed by atoms with Crippen molar-refractivity contribution < 1.29 is 4.79 Å². The Kier molecular flexibility index (Phi) is 3.67. The normalized spacial score (nSPS) is 13.8. The molecule has 3 aromatic heterocycles. The molecule has 0 saturated heterocycles. The van der Waals surface area contributed by atoms with E-state index in [2.05, 4.69) is 35.5 Å². The number of aromatic nitrogens is 6. The molecule has 8 heteroatoms. The van der Waals surface area contributed by atoms with Crippen molar-refractivity contribution in [2.24, 2.45) is 0 Å². The van der Waals surface area contributed by atoms with E-state index < -0.39 is 0 Å². The van der Waals surface area contributed by atoms with Crippen molar-refractivity contribution in [1.29, 1.82) is 0 Å². The summed E-state index contributed by atoms with van der Waals surface area (Å²) in [4.78, 5) is 28.0. The fourth-order valence-corrected chi connectivity index (χ4v) is 3.13. The SMILES string of the molecule is O=C(Cc1ccc(-c2ncnc3[nH]cnc23)cc1)Nc1cc(C2CC2)[nH]n1. The molecule has 0 aliphatic heterocycles. The molecule has 1 amide bonds. The van der Waals surface area contributed by atoms with Gasteiger partial charge in [-0.1, -0.05) is 24.3 Å². The number of hydrogen-bond donors (Lipinski definition) is 3. The second kappa shape index (κ2) is 6.31. The standard InChI is InChI=1S/C19H17N7O/c27-16(24-15-8-14(25-26-15)12-5-6-12)7-11-1-3-13(4-2-11)17-18-19(22-9-20-17)23-10-21-18/h1-4,8-10,12H,5-7H2,(H,20,21,22,23)(H2,24,25,26,27). The average Bonchev–Trinajstić information content (AvgIpc) is 3.23. The lowest BCUT2D eigenvalue weighted by Crippen LogP contribution is -2.14. The van der Waals surface area contributed by atoms with Gasteiger partial charge in [-0.2, -0.15) is 5.10 Å². The second-order valence-corrected chi connectivity index (χ2v) is 6.73. The Morgan fingerprint density at radius 1 is 1.15 bits per heavy atom. The first-order chi connectivity index (χ1) is 13.3. The number of aromatic amines is 2. The van der Waals surface area contributed by atoms with E-state index in [4.69, 9.17) is 0 Å². The summed E-state index contributed by atoms with van der Waals surface area (Å²) < 4.78 is 0. The lowest BCUT2D eigenvalue weighted by Gasteiger charge is -2.05. The molecule has 0 atom stereocenters. The van der Waals surface area contributed by atoms with Crippen LogP contribution in [0.15, 0.2) is 43.0 Å². The molecule has 0 radical (unpaired) electrons. The molecule has 5 rings (SSSR count). The van der Waals surface area contributed by atoms with E-state index >= 15 is 0 Å². The maximum Gasteiger partial charge on any atom is 0.229 e. The van der Waals surface area contributed by atoms with Gasteiger partial charge in [0, 0.05) is 23.2 Å². The Balaban J connectivity index is 1.28. The molecule has 3 heterocycles. The van der Waals surface area contributed by atoms with Gasteiger partial charge >= 0.3 is 0 Å². The third-order valence-electron chi connectivity index (χ3n) is 4.69. The number of benzene rings is 1. The number of amides is 1. The number of imidazole rings is 1. The van der Waals surface area contributed by atoms with Gasteiger partial charge in [0.25, 0.3) is 0 Å². The average molecular weight is 359 g/mol. The molecule has 1 fully saturated rings. The summed E-state index contributed by atoms with van der Waals surface area (Å²) in [6.45, 7) is 0. The van der Waals surface area contributed by atoms with Gasteiger partial charge in [-0.15, -0.1) is 0 Å². The second-order valence-electron chi connectivity index (χ2n) is 6.73. The van der Waals surface area contributed by atoms with Crippen LogP contribution < -0.4 is 5.32 Å². The molecule has 3 N–H and O–H groups in total. The molecule has 0 spiro atoms. The molecule has 0 bridgehead atoms. The van der Waals surface area contributed by atoms with Crippen LogP contribution in [0, 0.1) is 0 Å². The third-order valence-corrected chi connectivity index (χ3v) is 4.69. The third kappa shape index (κ3) is 3.17. The van der Waals surface area contributed by atoms with Crippen molar-refractivity contribution in [3.05, 3.63) is 54.2 Å². The lowest BCUT2D eigenvalue weighted by molar-refractivity contribution is -0.115. The quantitative estimate of drug-likeness (QED) is 0.507. The number of carbonyl (C=O) groups is 1. The first-order valence-electron chi connectivity index (χ1n) is 8.85. The maximum absolute atomic E-state index is 12.3. The Hall–Kier alpha value is -3.55. The molecule has 1 aliphatic carbocycles. The molecule has 1 saturated carbocycles. The van der Waals surface area contributed by atoms with E-state index in [0.29, 0.717) is 17.4 Å². The van der Waals surface area contributed by atoms with Crippen LogP contribution >= 0.6 is 0 Å². The van der Waals surface area contributed by atoms with Gasteiger partial charge < -0.3 is 10.3 Å². The van der Waals surface area contributed by atoms with Crippen molar-refractivity contribution in [2.75, 3.05) is 5.32 Å². The van der Waals surface area contributed by atoms with Crippen LogP contribution in [0.1, 0.15) is 30.0 Å². The largest absolute Gasteiger partial charge is 0.329 e. The zero-order chi connectivity index (χ0) is 18.2. The number of fused-ring (bicyclic) bond motifs is 1. The summed E-state index contributed by atoms with van der Waals surface area (Å²) in [5.74, 6) is 1.08. The first-order valence-corrected chi connectivity index (χ1v) is 8.85. The minimum atomic E-state index is -0.0895. The molecular formula is C19H17N7O. The smallest absolute Gasteiger partial charge is 0.229 e. The Morgan fingerprint density at radius 3 is 2.81 bits per heavy atom. The summed E-state index contributed by atoms with van der Waals surface area (Å²) in [6, 6.07) is 9.66. The molecule has 1 aliphatic rings. The zero-order valence-electron chi connectivity index (χ0n) is 14.4. The van der Waals surface area contributed by atoms with Gasteiger partial charge in [0.05, 0.1) is 12.7 Å². The molecule has 0 unspecified atom stereocenters. The van der Waals surface area contributed by atoms with Crippen LogP contribution in [-0.4, -0.2) is 36.0 Å². The number of nitrogens with one attached hydrogen (secondary N) is 3. The number of rotatable bonds is 5. The van der Waals surface area contributed by atoms with Gasteiger partial charge in [-0.25, -0.2) is 15.0 Å². The van der Waals surface area contributed by atoms with Crippen LogP contribution in [0.2, 0.25) is 0 Å². The van der Waals surface area contributed by atoms with Crippen molar-refractivity contribution in [2.45, 2.75) is 25.2 Å². The molecule has 4 aromatic rings. The van der Waals surface area contributed by atoms with E-state index in [9.17, 15) is 4.79 Å². The van der Waals surface area contributed by atoms with Crippen LogP contribution in [0.3, 0.4) is 0 Å². The van der Waals surface area contributed by atoms with E-state index in [0.717, 1.165) is 28.0 Å². The Labute approximate surface area is 154 Å². The monoisotopic (exact) mass is 359 g/mol. The Bertz CT molecular complexity index is 1110. The molecule has 1 aromatic carbocycles. The number of nitrogens with zero attached hydrogens (tertiary/aromatic N) is 4. The van der Waals surface area contributed by atoms with Gasteiger partial charge in [0.2, 0.25) is 5.91 Å². The summed E-state index contributed by atoms with van der Waals surface area (Å²) >= 11 is 0. The summed E-state index contributed by atoms with van der Waals surface area (Å²) in [6.07, 6.45) is 5.79. The highest BCUT2D eigenvalue weighted by atomic mass is 16.1. The fourth-order valence-electron chi connectivity index (χ4n) is 3.13. The number of carbonyl (C=O) groups excluding carboxylic acids is 1. The first kappa shape index (κ1) is 15.7. The molecule has 134 valence electrons. The van der Waals surface area contributed by atoms with E-state index in [1.165, 1.54) is 19.2 Å². The number of anilines is 1. The molecule has 27 heavy (non-hydrogen) atoms. The van der Waals surface area contributed by atoms with E-state index in [1.807, 2.05) is 30.3 Å². The van der Waals surface area contributed by atoms with Crippen LogP contribution in [0.25, 0.3) is 22.4 Å². The van der Waals surface area contributed by atoms with Crippen molar-refractivity contribution in [3.63, 3.8) is 0 Å². The lowest BCUT2D eigenvalue weighted by atomic mass is 10.1. The van der Waals surface area contributed by atoms with E-state index in [-0.39, 0.29) is 12.3 Å². The Morgan fingerprint density at radius 2 is 2.00 bits per heavy atom. The topological polar surface area (TPSA) is 112 Å². The molecular weight excluding hydrogens is 342 g/mol. The summed E-state index contributed by atoms with van der Waals surface area (Å²) in [7, 11) is 0. The van der Waals surface area contributed by atoms with Gasteiger partial charge in [0.15, 0.2) is 11.5 Å². The highest BCUT2D eigenvalue weighted by Crippen LogP contribution is 2.39. The minimum absolute atomic E-state index is 0.0895. The number of hydrogen-bond acceptors (Lipinski definition) is 5. The highest BCUT2D eigenvalue weighted by molar-refractivity contribution is 5.91. The van der Waals surface area contributed by atoms with Crippen LogP contribution in [-0.2, 0) is 11.2 Å². The predicted octanol–water partition coefficient (Wildman–Crippen LogP) is 2.80. The van der Waals surface area contributed by atoms with Crippen molar-refractivity contribution in [3.8, 4) is 11.3 Å². The van der Waals surface area contributed by atoms with Gasteiger partial charge in [-0.05, 0) is 18.4 Å². The summed E-state index contributed by atoms with van der Waals surface area (Å²) in [5.41, 5.74) is 5.15. The number of H-pyrrole nitrogens is 2. The van der Waals surface area contributed by atoms with E-state index in [1.54, 1.807) is 6.33 Å². The van der Waals surface area contributed by atoms with Crippen LogP contribution in [0.5, 0.6) is 0 Å².